The van der Waals surface area contributed by atoms with Crippen LogP contribution >= 0.6 is 11.3 Å². The number of hydrogen-bond donors (Lipinski definition) is 1. The maximum absolute atomic E-state index is 11.3. The topological polar surface area (TPSA) is 64.1 Å². The molecule has 0 aliphatic carbocycles. The molecule has 0 spiro atoms. The first-order chi connectivity index (χ1) is 10.2. The van der Waals surface area contributed by atoms with Crippen LogP contribution in [0.2, 0.25) is 0 Å². The van der Waals surface area contributed by atoms with E-state index < -0.39 is 0 Å². The molecule has 2 rings (SSSR count). The molecule has 0 aliphatic rings. The van der Waals surface area contributed by atoms with Gasteiger partial charge in [0.1, 0.15) is 0 Å². The summed E-state index contributed by atoms with van der Waals surface area (Å²) >= 11 is 1.55. The number of aryl methyl sites for hydroxylation is 2. The SMILES string of the molecule is CCOC(=O)CCc1csc(NCc2ccncc2C)n1. The first-order valence-corrected chi connectivity index (χ1v) is 7.80. The van der Waals surface area contributed by atoms with Crippen molar-refractivity contribution < 1.29 is 9.53 Å². The monoisotopic (exact) mass is 305 g/mol. The third-order valence-electron chi connectivity index (χ3n) is 3.01. The highest BCUT2D eigenvalue weighted by Gasteiger charge is 2.06. The average Bonchev–Trinajstić information content (AvgIpc) is 2.93. The predicted molar refractivity (Wildman–Crippen MR) is 83.4 cm³/mol. The summed E-state index contributed by atoms with van der Waals surface area (Å²) in [5, 5.41) is 6.14. The first-order valence-electron chi connectivity index (χ1n) is 6.92. The molecular formula is C15H19N3O2S. The van der Waals surface area contributed by atoms with Gasteiger partial charge in [0.15, 0.2) is 5.13 Å². The lowest BCUT2D eigenvalue weighted by Crippen LogP contribution is -2.05. The van der Waals surface area contributed by atoms with Crippen molar-refractivity contribution in [2.24, 2.45) is 0 Å². The molecule has 0 bridgehead atoms. The predicted octanol–water partition coefficient (Wildman–Crippen LogP) is 2.95. The molecule has 0 saturated carbocycles. The summed E-state index contributed by atoms with van der Waals surface area (Å²) in [7, 11) is 0. The summed E-state index contributed by atoms with van der Waals surface area (Å²) in [6.07, 6.45) is 4.63. The number of carbonyl (C=O) groups excluding carboxylic acids is 1. The minimum absolute atomic E-state index is 0.174. The fourth-order valence-corrected chi connectivity index (χ4v) is 2.58. The normalized spacial score (nSPS) is 10.4. The van der Waals surface area contributed by atoms with E-state index in [-0.39, 0.29) is 5.97 Å². The van der Waals surface area contributed by atoms with E-state index in [1.165, 1.54) is 5.56 Å². The standard InChI is InChI=1S/C15H19N3O2S/c1-3-20-14(19)5-4-13-10-21-15(18-13)17-9-12-6-7-16-8-11(12)2/h6-8,10H,3-5,9H2,1-2H3,(H,17,18). The van der Waals surface area contributed by atoms with Crippen molar-refractivity contribution in [1.29, 1.82) is 0 Å². The van der Waals surface area contributed by atoms with Crippen molar-refractivity contribution in [3.8, 4) is 0 Å². The van der Waals surface area contributed by atoms with Gasteiger partial charge in [-0.25, -0.2) is 4.98 Å². The molecular weight excluding hydrogens is 286 g/mol. The summed E-state index contributed by atoms with van der Waals surface area (Å²) in [6.45, 7) is 4.99. The van der Waals surface area contributed by atoms with E-state index in [9.17, 15) is 4.79 Å². The molecule has 5 nitrogen and oxygen atoms in total. The molecule has 0 amide bonds. The van der Waals surface area contributed by atoms with Crippen LogP contribution in [0.15, 0.2) is 23.8 Å². The van der Waals surface area contributed by atoms with Gasteiger partial charge in [-0.05, 0) is 31.0 Å². The lowest BCUT2D eigenvalue weighted by atomic mass is 10.2. The summed E-state index contributed by atoms with van der Waals surface area (Å²) in [5.74, 6) is -0.174. The molecule has 0 radical (unpaired) electrons. The number of hydrogen-bond acceptors (Lipinski definition) is 6. The van der Waals surface area contributed by atoms with Crippen molar-refractivity contribution in [2.45, 2.75) is 33.2 Å². The van der Waals surface area contributed by atoms with Gasteiger partial charge in [-0.2, -0.15) is 0 Å². The van der Waals surface area contributed by atoms with Crippen LogP contribution in [0.1, 0.15) is 30.2 Å². The Morgan fingerprint density at radius 2 is 2.33 bits per heavy atom. The molecule has 2 heterocycles. The smallest absolute Gasteiger partial charge is 0.306 e. The molecule has 2 aromatic heterocycles. The molecule has 0 atom stereocenters. The number of ether oxygens (including phenoxy) is 1. The fourth-order valence-electron chi connectivity index (χ4n) is 1.84. The van der Waals surface area contributed by atoms with E-state index in [1.54, 1.807) is 17.5 Å². The summed E-state index contributed by atoms with van der Waals surface area (Å²) < 4.78 is 4.90. The lowest BCUT2D eigenvalue weighted by Gasteiger charge is -2.05. The van der Waals surface area contributed by atoms with Crippen LogP contribution in [0.5, 0.6) is 0 Å². The van der Waals surface area contributed by atoms with Crippen LogP contribution in [0, 0.1) is 6.92 Å². The number of aromatic nitrogens is 2. The Bertz CT molecular complexity index is 598. The highest BCUT2D eigenvalue weighted by molar-refractivity contribution is 7.13. The highest BCUT2D eigenvalue weighted by atomic mass is 32.1. The van der Waals surface area contributed by atoms with Crippen molar-refractivity contribution in [3.63, 3.8) is 0 Å². The van der Waals surface area contributed by atoms with E-state index in [1.807, 2.05) is 31.5 Å². The Morgan fingerprint density at radius 3 is 3.10 bits per heavy atom. The molecule has 0 fully saturated rings. The molecule has 21 heavy (non-hydrogen) atoms. The van der Waals surface area contributed by atoms with Crippen LogP contribution in [-0.4, -0.2) is 22.5 Å². The quantitative estimate of drug-likeness (QED) is 0.797. The Labute approximate surface area is 128 Å². The number of pyridine rings is 1. The van der Waals surface area contributed by atoms with Gasteiger partial charge in [-0.15, -0.1) is 11.3 Å². The van der Waals surface area contributed by atoms with Crippen molar-refractivity contribution in [3.05, 3.63) is 40.7 Å². The third-order valence-corrected chi connectivity index (χ3v) is 3.86. The van der Waals surface area contributed by atoms with Gasteiger partial charge in [-0.1, -0.05) is 0 Å². The van der Waals surface area contributed by atoms with Crippen LogP contribution < -0.4 is 5.32 Å². The summed E-state index contributed by atoms with van der Waals surface area (Å²) in [4.78, 5) is 19.8. The Kier molecular flexibility index (Phi) is 5.68. The van der Waals surface area contributed by atoms with Crippen LogP contribution in [0.3, 0.4) is 0 Å². The second-order valence-electron chi connectivity index (χ2n) is 4.60. The number of carbonyl (C=O) groups is 1. The van der Waals surface area contributed by atoms with Gasteiger partial charge in [0.05, 0.1) is 18.7 Å². The van der Waals surface area contributed by atoms with E-state index in [0.717, 1.165) is 22.9 Å². The Morgan fingerprint density at radius 1 is 1.48 bits per heavy atom. The maximum atomic E-state index is 11.3. The van der Waals surface area contributed by atoms with Gasteiger partial charge in [0.25, 0.3) is 0 Å². The van der Waals surface area contributed by atoms with Crippen molar-refractivity contribution in [2.75, 3.05) is 11.9 Å². The fraction of sp³-hybridized carbons (Fsp3) is 0.400. The zero-order chi connectivity index (χ0) is 15.1. The first kappa shape index (κ1) is 15.4. The molecule has 2 aromatic rings. The minimum Gasteiger partial charge on any atom is -0.466 e. The molecule has 0 aromatic carbocycles. The number of thiazole rings is 1. The van der Waals surface area contributed by atoms with Crippen LogP contribution in [0.4, 0.5) is 5.13 Å². The Balaban J connectivity index is 1.83. The third kappa shape index (κ3) is 4.82. The van der Waals surface area contributed by atoms with E-state index in [4.69, 9.17) is 4.74 Å². The number of esters is 1. The second kappa shape index (κ2) is 7.73. The van der Waals surface area contributed by atoms with E-state index in [2.05, 4.69) is 15.3 Å². The van der Waals surface area contributed by atoms with Gasteiger partial charge in [0, 0.05) is 30.7 Å². The number of nitrogens with zero attached hydrogens (tertiary/aromatic N) is 2. The molecule has 0 aliphatic heterocycles. The van der Waals surface area contributed by atoms with Gasteiger partial charge in [0.2, 0.25) is 0 Å². The van der Waals surface area contributed by atoms with Gasteiger partial charge in [-0.3, -0.25) is 9.78 Å². The van der Waals surface area contributed by atoms with Gasteiger partial charge < -0.3 is 10.1 Å². The average molecular weight is 305 g/mol. The zero-order valence-electron chi connectivity index (χ0n) is 12.3. The number of nitrogens with one attached hydrogen (secondary N) is 1. The van der Waals surface area contributed by atoms with E-state index in [0.29, 0.717) is 19.4 Å². The molecule has 0 saturated heterocycles. The molecule has 112 valence electrons. The highest BCUT2D eigenvalue weighted by Crippen LogP contribution is 2.18. The largest absolute Gasteiger partial charge is 0.466 e. The Hall–Kier alpha value is -1.95. The summed E-state index contributed by atoms with van der Waals surface area (Å²) in [6, 6.07) is 2.00. The van der Waals surface area contributed by atoms with Crippen LogP contribution in [-0.2, 0) is 22.5 Å². The zero-order valence-corrected chi connectivity index (χ0v) is 13.1. The van der Waals surface area contributed by atoms with Crippen LogP contribution in [0.25, 0.3) is 0 Å². The maximum Gasteiger partial charge on any atom is 0.306 e. The molecule has 1 N–H and O–H groups in total. The molecule has 0 unspecified atom stereocenters. The van der Waals surface area contributed by atoms with Crippen molar-refractivity contribution in [1.82, 2.24) is 9.97 Å². The van der Waals surface area contributed by atoms with Gasteiger partial charge >= 0.3 is 5.97 Å². The lowest BCUT2D eigenvalue weighted by molar-refractivity contribution is -0.143. The summed E-state index contributed by atoms with van der Waals surface area (Å²) in [5.41, 5.74) is 3.28. The van der Waals surface area contributed by atoms with Crippen molar-refractivity contribution >= 4 is 22.4 Å². The minimum atomic E-state index is -0.174. The van der Waals surface area contributed by atoms with E-state index >= 15 is 0 Å². The number of anilines is 1. The second-order valence-corrected chi connectivity index (χ2v) is 5.46. The number of rotatable bonds is 7. The molecule has 6 heteroatoms.